The van der Waals surface area contributed by atoms with E-state index in [9.17, 15) is 14.7 Å². The van der Waals surface area contributed by atoms with Gasteiger partial charge >= 0.3 is 17.9 Å². The van der Waals surface area contributed by atoms with Gasteiger partial charge in [-0.3, -0.25) is 0 Å². The molecule has 1 aliphatic rings. The fourth-order valence-electron chi connectivity index (χ4n) is 2.07. The molecule has 0 aromatic heterocycles. The molecule has 7 heteroatoms. The minimum atomic E-state index is -1.15. The first-order chi connectivity index (χ1) is 11.5. The number of carbonyl (C=O) groups is 2. The van der Waals surface area contributed by atoms with Crippen LogP contribution in [0.3, 0.4) is 0 Å². The molecular weight excluding hydrogens is 334 g/mol. The summed E-state index contributed by atoms with van der Waals surface area (Å²) in [6.07, 6.45) is 0. The van der Waals surface area contributed by atoms with Crippen LogP contribution in [0.4, 0.5) is 5.69 Å². The summed E-state index contributed by atoms with van der Waals surface area (Å²) in [4.78, 5) is 23.8. The summed E-state index contributed by atoms with van der Waals surface area (Å²) in [5, 5.41) is 11.2. The van der Waals surface area contributed by atoms with Crippen molar-refractivity contribution in [3.63, 3.8) is 0 Å². The van der Waals surface area contributed by atoms with E-state index in [0.29, 0.717) is 11.3 Å². The Bertz CT molecular complexity index is 819. The Morgan fingerprint density at radius 2 is 1.92 bits per heavy atom. The molecule has 2 aromatic rings. The average Bonchev–Trinajstić information content (AvgIpc) is 2.83. The summed E-state index contributed by atoms with van der Waals surface area (Å²) in [7, 11) is 0. The zero-order chi connectivity index (χ0) is 17.1. The van der Waals surface area contributed by atoms with Crippen molar-refractivity contribution in [3.8, 4) is 5.75 Å². The number of alkyl halides is 1. The van der Waals surface area contributed by atoms with E-state index in [2.05, 4.69) is 5.32 Å². The smallest absolute Gasteiger partial charge is 0.345 e. The van der Waals surface area contributed by atoms with Crippen molar-refractivity contribution in [2.45, 2.75) is 5.38 Å². The summed E-state index contributed by atoms with van der Waals surface area (Å²) in [6, 6.07) is 14.4. The van der Waals surface area contributed by atoms with Gasteiger partial charge in [0.15, 0.2) is 5.38 Å². The van der Waals surface area contributed by atoms with Gasteiger partial charge in [0.05, 0.1) is 5.56 Å². The lowest BCUT2D eigenvalue weighted by atomic mass is 10.2. The minimum absolute atomic E-state index is 0.0276. The van der Waals surface area contributed by atoms with Gasteiger partial charge in [-0.1, -0.05) is 24.3 Å². The van der Waals surface area contributed by atoms with E-state index in [1.807, 2.05) is 0 Å². The Kier molecular flexibility index (Phi) is 4.39. The lowest BCUT2D eigenvalue weighted by Crippen LogP contribution is -2.15. The fourth-order valence-corrected chi connectivity index (χ4v) is 2.25. The van der Waals surface area contributed by atoms with E-state index < -0.39 is 17.3 Å². The maximum absolute atomic E-state index is 12.1. The first-order valence-corrected chi connectivity index (χ1v) is 7.41. The van der Waals surface area contributed by atoms with Crippen LogP contribution in [0.15, 0.2) is 66.2 Å². The van der Waals surface area contributed by atoms with Gasteiger partial charge in [0.2, 0.25) is 0 Å². The average molecular weight is 346 g/mol. The Morgan fingerprint density at radius 1 is 1.17 bits per heavy atom. The molecule has 1 unspecified atom stereocenters. The predicted octanol–water partition coefficient (Wildman–Crippen LogP) is 2.99. The molecule has 0 aliphatic carbocycles. The highest BCUT2D eigenvalue weighted by molar-refractivity contribution is 6.33. The number of nitrogens with one attached hydrogen (secondary N) is 1. The second-order valence-corrected chi connectivity index (χ2v) is 5.35. The van der Waals surface area contributed by atoms with Gasteiger partial charge in [0.1, 0.15) is 11.4 Å². The number of hydrogen-bond donors (Lipinski definition) is 2. The molecule has 0 bridgehead atoms. The molecule has 2 N–H and O–H groups in total. The predicted molar refractivity (Wildman–Crippen MR) is 86.3 cm³/mol. The Morgan fingerprint density at radius 3 is 2.62 bits per heavy atom. The third-order valence-electron chi connectivity index (χ3n) is 3.19. The van der Waals surface area contributed by atoms with Gasteiger partial charge in [-0.05, 0) is 24.3 Å². The zero-order valence-electron chi connectivity index (χ0n) is 12.2. The van der Waals surface area contributed by atoms with E-state index in [1.165, 1.54) is 12.1 Å². The molecule has 2 aromatic carbocycles. The normalized spacial score (nSPS) is 16.7. The lowest BCUT2D eigenvalue weighted by molar-refractivity contribution is -0.139. The topological polar surface area (TPSA) is 84.9 Å². The molecule has 0 amide bonds. The number of benzene rings is 2. The molecule has 24 heavy (non-hydrogen) atoms. The number of phenols is 1. The highest BCUT2D eigenvalue weighted by Crippen LogP contribution is 2.29. The number of hydrogen-bond acceptors (Lipinski definition) is 6. The van der Waals surface area contributed by atoms with Crippen LogP contribution in [-0.4, -0.2) is 22.4 Å². The summed E-state index contributed by atoms with van der Waals surface area (Å²) < 4.78 is 10.1. The van der Waals surface area contributed by atoms with Crippen molar-refractivity contribution in [1.29, 1.82) is 0 Å². The van der Waals surface area contributed by atoms with Crippen LogP contribution in [-0.2, 0) is 14.3 Å². The zero-order valence-corrected chi connectivity index (χ0v) is 13.0. The minimum Gasteiger partial charge on any atom is -0.508 e. The van der Waals surface area contributed by atoms with E-state index in [4.69, 9.17) is 21.1 Å². The fraction of sp³-hybridized carbons (Fsp3) is 0.0588. The highest BCUT2D eigenvalue weighted by atomic mass is 35.5. The number of ether oxygens (including phenoxy) is 2. The maximum Gasteiger partial charge on any atom is 0.345 e. The van der Waals surface area contributed by atoms with Gasteiger partial charge in [0.25, 0.3) is 0 Å². The molecule has 0 saturated carbocycles. The van der Waals surface area contributed by atoms with Crippen molar-refractivity contribution >= 4 is 29.2 Å². The van der Waals surface area contributed by atoms with Gasteiger partial charge in [0, 0.05) is 11.8 Å². The van der Waals surface area contributed by atoms with Crippen LogP contribution >= 0.6 is 11.6 Å². The number of halogens is 1. The second kappa shape index (κ2) is 6.64. The number of aromatic hydroxyl groups is 1. The van der Waals surface area contributed by atoms with Crippen molar-refractivity contribution in [1.82, 2.24) is 0 Å². The van der Waals surface area contributed by atoms with Gasteiger partial charge in [-0.15, -0.1) is 11.6 Å². The summed E-state index contributed by atoms with van der Waals surface area (Å²) in [5.74, 6) is -1.72. The van der Waals surface area contributed by atoms with Gasteiger partial charge in [-0.25, -0.2) is 9.59 Å². The van der Waals surface area contributed by atoms with E-state index in [-0.39, 0.29) is 17.4 Å². The molecule has 3 rings (SSSR count). The van der Waals surface area contributed by atoms with Crippen LogP contribution in [0.5, 0.6) is 5.75 Å². The molecular formula is C17H12ClNO5. The summed E-state index contributed by atoms with van der Waals surface area (Å²) in [5.41, 5.74) is 0.856. The third-order valence-corrected chi connectivity index (χ3v) is 3.59. The molecule has 6 nitrogen and oxygen atoms in total. The SMILES string of the molecule is O=C(OC1=C(Nc2cccc(O)c2)C(Cl)C(=O)O1)c1ccccc1. The molecule has 0 fully saturated rings. The second-order valence-electron chi connectivity index (χ2n) is 4.92. The number of cyclic esters (lactones) is 1. The molecule has 1 aliphatic heterocycles. The number of carbonyl (C=O) groups excluding carboxylic acids is 2. The summed E-state index contributed by atoms with van der Waals surface area (Å²) >= 11 is 5.99. The maximum atomic E-state index is 12.1. The van der Waals surface area contributed by atoms with Gasteiger partial charge < -0.3 is 19.9 Å². The van der Waals surface area contributed by atoms with Crippen LogP contribution in [0.2, 0.25) is 0 Å². The number of phenolic OH excluding ortho intramolecular Hbond substituents is 1. The quantitative estimate of drug-likeness (QED) is 0.654. The van der Waals surface area contributed by atoms with Crippen molar-refractivity contribution in [3.05, 3.63) is 71.8 Å². The van der Waals surface area contributed by atoms with Crippen LogP contribution in [0.1, 0.15) is 10.4 Å². The Hall–Kier alpha value is -2.99. The Balaban J connectivity index is 1.85. The molecule has 1 atom stereocenters. The lowest BCUT2D eigenvalue weighted by Gasteiger charge is -2.10. The number of rotatable bonds is 4. The van der Waals surface area contributed by atoms with Gasteiger partial charge in [-0.2, -0.15) is 0 Å². The van der Waals surface area contributed by atoms with Crippen LogP contribution in [0, 0.1) is 0 Å². The molecule has 0 saturated heterocycles. The van der Waals surface area contributed by atoms with Crippen molar-refractivity contribution in [2.75, 3.05) is 5.32 Å². The largest absolute Gasteiger partial charge is 0.508 e. The highest BCUT2D eigenvalue weighted by Gasteiger charge is 2.37. The third kappa shape index (κ3) is 3.33. The molecule has 0 radical (unpaired) electrons. The standard InChI is InChI=1S/C17H12ClNO5/c18-13-14(19-11-7-4-8-12(20)9-11)17(24-16(13)22)23-15(21)10-5-2-1-3-6-10/h1-9,13,19-20H. The van der Waals surface area contributed by atoms with Crippen LogP contribution < -0.4 is 5.32 Å². The number of esters is 2. The molecule has 0 spiro atoms. The monoisotopic (exact) mass is 345 g/mol. The summed E-state index contributed by atoms with van der Waals surface area (Å²) in [6.45, 7) is 0. The molecule has 1 heterocycles. The first-order valence-electron chi connectivity index (χ1n) is 6.98. The molecule has 122 valence electrons. The van der Waals surface area contributed by atoms with E-state index in [1.54, 1.807) is 42.5 Å². The first kappa shape index (κ1) is 15.9. The van der Waals surface area contributed by atoms with E-state index >= 15 is 0 Å². The number of anilines is 1. The van der Waals surface area contributed by atoms with Crippen molar-refractivity contribution < 1.29 is 24.2 Å². The van der Waals surface area contributed by atoms with E-state index in [0.717, 1.165) is 0 Å². The van der Waals surface area contributed by atoms with Crippen LogP contribution in [0.25, 0.3) is 0 Å². The van der Waals surface area contributed by atoms with Crippen molar-refractivity contribution in [2.24, 2.45) is 0 Å². The Labute approximate surface area is 142 Å².